The third-order valence-corrected chi connectivity index (χ3v) is 4.25. The van der Waals surface area contributed by atoms with Gasteiger partial charge in [-0.2, -0.15) is 0 Å². The number of halogens is 3. The third-order valence-electron chi connectivity index (χ3n) is 4.25. The Morgan fingerprint density at radius 1 is 1.10 bits per heavy atom. The summed E-state index contributed by atoms with van der Waals surface area (Å²) in [4.78, 5) is 32.1. The first-order chi connectivity index (χ1) is 14.9. The zero-order valence-corrected chi connectivity index (χ0v) is 16.1. The van der Waals surface area contributed by atoms with Crippen molar-refractivity contribution in [1.29, 1.82) is 0 Å². The quantitative estimate of drug-likeness (QED) is 0.577. The molecule has 3 aromatic rings. The monoisotopic (exact) mass is 431 g/mol. The van der Waals surface area contributed by atoms with Crippen molar-refractivity contribution in [1.82, 2.24) is 15.3 Å². The molecule has 0 aliphatic heterocycles. The van der Waals surface area contributed by atoms with Crippen LogP contribution in [0.1, 0.15) is 38.1 Å². The average molecular weight is 431 g/mol. The smallest absolute Gasteiger partial charge is 0.339 e. The fourth-order valence-corrected chi connectivity index (χ4v) is 2.76. The van der Waals surface area contributed by atoms with E-state index in [9.17, 15) is 22.8 Å². The molecule has 0 fully saturated rings. The number of benzene rings is 1. The molecule has 0 saturated heterocycles. The van der Waals surface area contributed by atoms with Gasteiger partial charge in [0.15, 0.2) is 11.6 Å². The minimum Gasteiger partial charge on any atom is -0.465 e. The zero-order chi connectivity index (χ0) is 22.4. The summed E-state index contributed by atoms with van der Waals surface area (Å²) in [7, 11) is 1.21. The van der Waals surface area contributed by atoms with Gasteiger partial charge in [-0.3, -0.25) is 14.8 Å². The number of carbonyl (C=O) groups excluding carboxylic acids is 2. The summed E-state index contributed by atoms with van der Waals surface area (Å²) in [5.41, 5.74) is 0.0326. The number of rotatable bonds is 7. The Morgan fingerprint density at radius 3 is 2.52 bits per heavy atom. The standard InChI is InChI=1S/C21H16F3N3O4/c1-30-21(29)13-4-6-16(26-10-13)20(28)27-18(19-14(23)3-2-8-25-19)12-5-7-17(31-11-22)15(24)9-12/h2-10,18H,11H2,1H3,(H,27,28)/t18-/m0/s1. The van der Waals surface area contributed by atoms with Crippen LogP contribution in [0.5, 0.6) is 5.75 Å². The predicted molar refractivity (Wildman–Crippen MR) is 102 cm³/mol. The van der Waals surface area contributed by atoms with Gasteiger partial charge in [-0.15, -0.1) is 0 Å². The topological polar surface area (TPSA) is 90.4 Å². The first-order valence-electron chi connectivity index (χ1n) is 8.88. The number of hydrogen-bond acceptors (Lipinski definition) is 6. The molecule has 3 rings (SSSR count). The molecule has 0 aliphatic carbocycles. The lowest BCUT2D eigenvalue weighted by atomic mass is 10.0. The zero-order valence-electron chi connectivity index (χ0n) is 16.1. The van der Waals surface area contributed by atoms with Crippen molar-refractivity contribution >= 4 is 11.9 Å². The van der Waals surface area contributed by atoms with Crippen LogP contribution < -0.4 is 10.1 Å². The van der Waals surface area contributed by atoms with E-state index in [0.29, 0.717) is 0 Å². The van der Waals surface area contributed by atoms with E-state index < -0.39 is 36.4 Å². The molecule has 2 aromatic heterocycles. The van der Waals surface area contributed by atoms with Crippen molar-refractivity contribution in [2.75, 3.05) is 14.0 Å². The number of amides is 1. The van der Waals surface area contributed by atoms with Crippen molar-refractivity contribution < 1.29 is 32.2 Å². The number of hydrogen-bond donors (Lipinski definition) is 1. The number of alkyl halides is 1. The first-order valence-corrected chi connectivity index (χ1v) is 8.88. The molecule has 1 amide bonds. The molecule has 0 bridgehead atoms. The second kappa shape index (κ2) is 9.70. The maximum absolute atomic E-state index is 14.4. The maximum atomic E-state index is 14.4. The lowest BCUT2D eigenvalue weighted by Gasteiger charge is -2.20. The van der Waals surface area contributed by atoms with E-state index in [2.05, 4.69) is 24.8 Å². The molecule has 0 radical (unpaired) electrons. The molecule has 31 heavy (non-hydrogen) atoms. The Morgan fingerprint density at radius 2 is 1.90 bits per heavy atom. The van der Waals surface area contributed by atoms with Gasteiger partial charge in [-0.25, -0.2) is 18.0 Å². The molecule has 1 N–H and O–H groups in total. The Bertz CT molecular complexity index is 1090. The van der Waals surface area contributed by atoms with Gasteiger partial charge in [0.1, 0.15) is 17.2 Å². The SMILES string of the molecule is COC(=O)c1ccc(C(=O)N[C@@H](c2ccc(OCF)c(F)c2)c2ncccc2F)nc1. The Balaban J connectivity index is 1.94. The van der Waals surface area contributed by atoms with Crippen molar-refractivity contribution in [3.05, 3.63) is 89.0 Å². The van der Waals surface area contributed by atoms with Gasteiger partial charge in [0.25, 0.3) is 5.91 Å². The summed E-state index contributed by atoms with van der Waals surface area (Å²) in [5.74, 6) is -3.31. The van der Waals surface area contributed by atoms with Crippen LogP contribution in [-0.4, -0.2) is 35.8 Å². The van der Waals surface area contributed by atoms with E-state index in [1.165, 1.54) is 37.6 Å². The number of pyridine rings is 2. The van der Waals surface area contributed by atoms with Gasteiger partial charge >= 0.3 is 5.97 Å². The molecule has 10 heteroatoms. The number of nitrogens with zero attached hydrogens (tertiary/aromatic N) is 2. The second-order valence-electron chi connectivity index (χ2n) is 6.14. The van der Waals surface area contributed by atoms with Crippen LogP contribution in [0, 0.1) is 11.6 Å². The summed E-state index contributed by atoms with van der Waals surface area (Å²) in [6.07, 6.45) is 2.47. The Labute approximate surface area is 174 Å². The lowest BCUT2D eigenvalue weighted by molar-refractivity contribution is 0.0599. The predicted octanol–water partition coefficient (Wildman–Crippen LogP) is 3.37. The molecule has 7 nitrogen and oxygen atoms in total. The highest BCUT2D eigenvalue weighted by Gasteiger charge is 2.24. The summed E-state index contributed by atoms with van der Waals surface area (Å²) in [6, 6.07) is 7.43. The highest BCUT2D eigenvalue weighted by atomic mass is 19.1. The molecular formula is C21H16F3N3O4. The number of ether oxygens (including phenoxy) is 2. The van der Waals surface area contributed by atoms with Gasteiger partial charge in [0, 0.05) is 12.4 Å². The van der Waals surface area contributed by atoms with Crippen molar-refractivity contribution in [3.63, 3.8) is 0 Å². The molecule has 0 aliphatic rings. The average Bonchev–Trinajstić information content (AvgIpc) is 2.79. The highest BCUT2D eigenvalue weighted by Crippen LogP contribution is 2.27. The van der Waals surface area contributed by atoms with Crippen molar-refractivity contribution in [2.24, 2.45) is 0 Å². The Hall–Kier alpha value is -3.95. The Kier molecular flexibility index (Phi) is 6.81. The van der Waals surface area contributed by atoms with Crippen LogP contribution in [0.15, 0.2) is 54.9 Å². The maximum Gasteiger partial charge on any atom is 0.339 e. The van der Waals surface area contributed by atoms with Gasteiger partial charge in [-0.05, 0) is 42.0 Å². The van der Waals surface area contributed by atoms with Crippen molar-refractivity contribution in [3.8, 4) is 5.75 Å². The summed E-state index contributed by atoms with van der Waals surface area (Å²) in [6.45, 7) is -1.22. The van der Waals surface area contributed by atoms with Gasteiger partial charge in [0.2, 0.25) is 6.86 Å². The van der Waals surface area contributed by atoms with Gasteiger partial charge in [0.05, 0.1) is 18.7 Å². The van der Waals surface area contributed by atoms with E-state index in [1.54, 1.807) is 0 Å². The van der Waals surface area contributed by atoms with E-state index >= 15 is 0 Å². The molecular weight excluding hydrogens is 415 g/mol. The minimum atomic E-state index is -1.22. The largest absolute Gasteiger partial charge is 0.465 e. The number of carbonyl (C=O) groups is 2. The molecule has 0 spiro atoms. The lowest BCUT2D eigenvalue weighted by Crippen LogP contribution is -2.31. The molecule has 1 atom stereocenters. The summed E-state index contributed by atoms with van der Waals surface area (Å²) >= 11 is 0. The number of esters is 1. The summed E-state index contributed by atoms with van der Waals surface area (Å²) < 4.78 is 50.1. The fraction of sp³-hybridized carbons (Fsp3) is 0.143. The fourth-order valence-electron chi connectivity index (χ4n) is 2.76. The number of aromatic nitrogens is 2. The second-order valence-corrected chi connectivity index (χ2v) is 6.14. The van der Waals surface area contributed by atoms with E-state index in [-0.39, 0.29) is 28.3 Å². The molecule has 160 valence electrons. The van der Waals surface area contributed by atoms with E-state index in [1.807, 2.05) is 0 Å². The van der Waals surface area contributed by atoms with Gasteiger partial charge in [-0.1, -0.05) is 6.07 Å². The highest BCUT2D eigenvalue weighted by molar-refractivity contribution is 5.94. The van der Waals surface area contributed by atoms with Crippen LogP contribution >= 0.6 is 0 Å². The molecule has 0 unspecified atom stereocenters. The van der Waals surface area contributed by atoms with Crippen LogP contribution in [0.4, 0.5) is 13.2 Å². The van der Waals surface area contributed by atoms with Crippen molar-refractivity contribution in [2.45, 2.75) is 6.04 Å². The molecule has 2 heterocycles. The van der Waals surface area contributed by atoms with Crippen LogP contribution in [-0.2, 0) is 4.74 Å². The minimum absolute atomic E-state index is 0.0770. The first kappa shape index (κ1) is 21.8. The molecule has 0 saturated carbocycles. The summed E-state index contributed by atoms with van der Waals surface area (Å²) in [5, 5.41) is 2.55. The molecule has 1 aromatic carbocycles. The van der Waals surface area contributed by atoms with Gasteiger partial charge < -0.3 is 14.8 Å². The number of nitrogens with one attached hydrogen (secondary N) is 1. The van der Waals surface area contributed by atoms with E-state index in [0.717, 1.165) is 24.4 Å². The third kappa shape index (κ3) is 4.97. The normalized spacial score (nSPS) is 11.5. The number of methoxy groups -OCH3 is 1. The van der Waals surface area contributed by atoms with Crippen LogP contribution in [0.25, 0.3) is 0 Å². The van der Waals surface area contributed by atoms with Crippen LogP contribution in [0.2, 0.25) is 0 Å². The van der Waals surface area contributed by atoms with E-state index in [4.69, 9.17) is 0 Å². The van der Waals surface area contributed by atoms with Crippen LogP contribution in [0.3, 0.4) is 0 Å².